The van der Waals surface area contributed by atoms with Crippen molar-refractivity contribution in [3.63, 3.8) is 0 Å². The first-order valence-electron chi connectivity index (χ1n) is 9.59. The quantitative estimate of drug-likeness (QED) is 0.254. The average molecular weight is 420 g/mol. The van der Waals surface area contributed by atoms with Gasteiger partial charge in [-0.05, 0) is 31.5 Å². The number of carbonyl (C=O) groups is 1. The zero-order valence-corrected chi connectivity index (χ0v) is 17.3. The monoisotopic (exact) mass is 420 g/mol. The van der Waals surface area contributed by atoms with E-state index in [0.29, 0.717) is 16.3 Å². The van der Waals surface area contributed by atoms with Crippen LogP contribution >= 0.6 is 11.3 Å². The van der Waals surface area contributed by atoms with Crippen LogP contribution in [-0.2, 0) is 0 Å². The molecule has 4 aromatic rings. The second kappa shape index (κ2) is 8.08. The highest BCUT2D eigenvalue weighted by Crippen LogP contribution is 2.29. The summed E-state index contributed by atoms with van der Waals surface area (Å²) in [6.07, 6.45) is 4.71. The third-order valence-electron chi connectivity index (χ3n) is 5.14. The number of benzene rings is 2. The molecule has 2 aromatic heterocycles. The molecule has 0 aliphatic heterocycles. The Kier molecular flexibility index (Phi) is 5.33. The lowest BCUT2D eigenvalue weighted by Gasteiger charge is -2.12. The van der Waals surface area contributed by atoms with E-state index < -0.39 is 4.92 Å². The molecule has 4 rings (SSSR count). The maximum absolute atomic E-state index is 12.5. The minimum atomic E-state index is -0.447. The molecule has 0 fully saturated rings. The Morgan fingerprint density at radius 2 is 2.10 bits per heavy atom. The summed E-state index contributed by atoms with van der Waals surface area (Å²) in [6, 6.07) is 14.7. The first kappa shape index (κ1) is 19.8. The fourth-order valence-corrected chi connectivity index (χ4v) is 4.30. The molecule has 0 unspecified atom stereocenters. The Morgan fingerprint density at radius 3 is 2.87 bits per heavy atom. The fraction of sp³-hybridized carbons (Fsp3) is 0.182. The van der Waals surface area contributed by atoms with Crippen molar-refractivity contribution in [2.45, 2.75) is 26.3 Å². The lowest BCUT2D eigenvalue weighted by atomic mass is 10.2. The number of non-ortho nitro benzene ring substituents is 1. The zero-order valence-electron chi connectivity index (χ0n) is 16.5. The minimum absolute atomic E-state index is 0.00276. The van der Waals surface area contributed by atoms with Crippen LogP contribution in [0.1, 0.15) is 41.5 Å². The molecule has 30 heavy (non-hydrogen) atoms. The van der Waals surface area contributed by atoms with E-state index in [9.17, 15) is 14.9 Å². The smallest absolute Gasteiger partial charge is 0.281 e. The van der Waals surface area contributed by atoms with E-state index in [4.69, 9.17) is 0 Å². The van der Waals surface area contributed by atoms with Crippen LogP contribution in [0.2, 0.25) is 0 Å². The molecule has 0 saturated heterocycles. The number of amides is 1. The van der Waals surface area contributed by atoms with Gasteiger partial charge in [-0.25, -0.2) is 5.43 Å². The molecule has 1 N–H and O–H groups in total. The minimum Gasteiger partial charge on any atom is -0.344 e. The van der Waals surface area contributed by atoms with Crippen molar-refractivity contribution in [1.82, 2.24) is 9.99 Å². The predicted octanol–water partition coefficient (Wildman–Crippen LogP) is 5.50. The number of hydrazone groups is 1. The van der Waals surface area contributed by atoms with E-state index in [1.807, 2.05) is 24.4 Å². The number of hydrogen-bond donors (Lipinski definition) is 1. The number of carbonyl (C=O) groups excluding carboxylic acids is 1. The Hall–Kier alpha value is -3.52. The van der Waals surface area contributed by atoms with Gasteiger partial charge in [-0.3, -0.25) is 14.9 Å². The van der Waals surface area contributed by atoms with Crippen LogP contribution < -0.4 is 5.43 Å². The number of nitro benzene ring substituents is 1. The first-order valence-corrected chi connectivity index (χ1v) is 10.4. The summed E-state index contributed by atoms with van der Waals surface area (Å²) in [6.45, 7) is 4.31. The van der Waals surface area contributed by atoms with Gasteiger partial charge in [0.1, 0.15) is 0 Å². The van der Waals surface area contributed by atoms with Crippen molar-refractivity contribution >= 4 is 50.1 Å². The third kappa shape index (κ3) is 3.69. The van der Waals surface area contributed by atoms with Crippen LogP contribution in [0, 0.1) is 10.1 Å². The SMILES string of the molecule is CC[C@@H](C)n1cc(/C=N\NC(=O)c2cc3cc([N+](=O)[O-])ccc3s2)c2ccccc21. The van der Waals surface area contributed by atoms with E-state index in [1.54, 1.807) is 18.3 Å². The van der Waals surface area contributed by atoms with Crippen molar-refractivity contribution in [2.75, 3.05) is 0 Å². The molecule has 8 heteroatoms. The summed E-state index contributed by atoms with van der Waals surface area (Å²) < 4.78 is 3.03. The normalized spacial score (nSPS) is 12.6. The lowest BCUT2D eigenvalue weighted by Crippen LogP contribution is -2.16. The van der Waals surface area contributed by atoms with Crippen LogP contribution in [0.4, 0.5) is 5.69 Å². The molecule has 1 atom stereocenters. The summed E-state index contributed by atoms with van der Waals surface area (Å²) in [5.74, 6) is -0.347. The number of para-hydroxylation sites is 1. The van der Waals surface area contributed by atoms with Crippen LogP contribution in [-0.4, -0.2) is 21.6 Å². The highest BCUT2D eigenvalue weighted by atomic mass is 32.1. The molecule has 0 aliphatic carbocycles. The van der Waals surface area contributed by atoms with Gasteiger partial charge in [-0.15, -0.1) is 11.3 Å². The number of nitrogens with zero attached hydrogens (tertiary/aromatic N) is 3. The molecule has 0 radical (unpaired) electrons. The fourth-order valence-electron chi connectivity index (χ4n) is 3.37. The van der Waals surface area contributed by atoms with Crippen LogP contribution in [0.5, 0.6) is 0 Å². The van der Waals surface area contributed by atoms with Gasteiger partial charge in [0.15, 0.2) is 0 Å². The Morgan fingerprint density at radius 1 is 1.30 bits per heavy atom. The molecule has 152 valence electrons. The number of fused-ring (bicyclic) bond motifs is 2. The van der Waals surface area contributed by atoms with E-state index in [0.717, 1.165) is 27.6 Å². The van der Waals surface area contributed by atoms with E-state index in [2.05, 4.69) is 35.0 Å². The van der Waals surface area contributed by atoms with Gasteiger partial charge in [-0.1, -0.05) is 25.1 Å². The van der Waals surface area contributed by atoms with Crippen LogP contribution in [0.15, 0.2) is 59.8 Å². The van der Waals surface area contributed by atoms with Gasteiger partial charge < -0.3 is 4.57 Å². The molecular formula is C22H20N4O3S. The molecule has 2 heterocycles. The van der Waals surface area contributed by atoms with Crippen molar-refractivity contribution in [2.24, 2.45) is 5.10 Å². The largest absolute Gasteiger partial charge is 0.344 e. The second-order valence-corrected chi connectivity index (χ2v) is 8.14. The standard InChI is InChI=1S/C22H20N4O3S/c1-3-14(2)25-13-16(18-6-4-5-7-19(18)25)12-23-24-22(27)21-11-15-10-17(26(28)29)8-9-20(15)30-21/h4-14H,3H2,1-2H3,(H,24,27)/b23-12-/t14-/m1/s1. The van der Waals surface area contributed by atoms with Crippen molar-refractivity contribution in [1.29, 1.82) is 0 Å². The maximum Gasteiger partial charge on any atom is 0.281 e. The number of nitro groups is 1. The number of hydrogen-bond acceptors (Lipinski definition) is 5. The second-order valence-electron chi connectivity index (χ2n) is 7.06. The topological polar surface area (TPSA) is 89.5 Å². The molecule has 1 amide bonds. The summed E-state index contributed by atoms with van der Waals surface area (Å²) in [4.78, 5) is 23.4. The number of thiophene rings is 1. The zero-order chi connectivity index (χ0) is 21.3. The third-order valence-corrected chi connectivity index (χ3v) is 6.26. The lowest BCUT2D eigenvalue weighted by molar-refractivity contribution is -0.384. The molecular weight excluding hydrogens is 400 g/mol. The predicted molar refractivity (Wildman–Crippen MR) is 120 cm³/mol. The average Bonchev–Trinajstić information content (AvgIpc) is 3.34. The molecule has 2 aromatic carbocycles. The van der Waals surface area contributed by atoms with E-state index in [-0.39, 0.29) is 11.6 Å². The summed E-state index contributed by atoms with van der Waals surface area (Å²) >= 11 is 1.27. The van der Waals surface area contributed by atoms with Gasteiger partial charge >= 0.3 is 0 Å². The Labute approximate surface area is 176 Å². The molecule has 7 nitrogen and oxygen atoms in total. The van der Waals surface area contributed by atoms with E-state index in [1.165, 1.54) is 23.5 Å². The van der Waals surface area contributed by atoms with Crippen LogP contribution in [0.3, 0.4) is 0 Å². The number of rotatable bonds is 6. The number of aromatic nitrogens is 1. The highest BCUT2D eigenvalue weighted by molar-refractivity contribution is 7.20. The van der Waals surface area contributed by atoms with Gasteiger partial charge in [0.2, 0.25) is 0 Å². The summed E-state index contributed by atoms with van der Waals surface area (Å²) in [5.41, 5.74) is 4.62. The molecule has 0 aliphatic rings. The van der Waals surface area contributed by atoms with Crippen molar-refractivity contribution in [3.05, 3.63) is 75.3 Å². The van der Waals surface area contributed by atoms with Gasteiger partial charge in [0, 0.05) is 50.9 Å². The van der Waals surface area contributed by atoms with Crippen LogP contribution in [0.25, 0.3) is 21.0 Å². The molecule has 0 bridgehead atoms. The molecule has 0 saturated carbocycles. The van der Waals surface area contributed by atoms with Gasteiger partial charge in [0.05, 0.1) is 16.0 Å². The maximum atomic E-state index is 12.5. The summed E-state index contributed by atoms with van der Waals surface area (Å²) in [5, 5.41) is 16.8. The Bertz CT molecular complexity index is 1290. The molecule has 0 spiro atoms. The van der Waals surface area contributed by atoms with Crippen molar-refractivity contribution in [3.8, 4) is 0 Å². The van der Waals surface area contributed by atoms with Crippen molar-refractivity contribution < 1.29 is 9.72 Å². The van der Waals surface area contributed by atoms with Gasteiger partial charge in [-0.2, -0.15) is 5.10 Å². The number of nitrogens with one attached hydrogen (secondary N) is 1. The first-order chi connectivity index (χ1) is 14.5. The highest BCUT2D eigenvalue weighted by Gasteiger charge is 2.14. The van der Waals surface area contributed by atoms with E-state index >= 15 is 0 Å². The summed E-state index contributed by atoms with van der Waals surface area (Å²) in [7, 11) is 0. The van der Waals surface area contributed by atoms with Gasteiger partial charge in [0.25, 0.3) is 11.6 Å². The Balaban J connectivity index is 1.55.